The number of thiazole rings is 1. The molecule has 160 valence electrons. The molecule has 8 heteroatoms. The topological polar surface area (TPSA) is 77.8 Å². The Morgan fingerprint density at radius 1 is 1.06 bits per heavy atom. The molecule has 31 heavy (non-hydrogen) atoms. The van der Waals surface area contributed by atoms with Gasteiger partial charge in [-0.2, -0.15) is 4.98 Å². The van der Waals surface area contributed by atoms with Crippen molar-refractivity contribution in [2.45, 2.75) is 20.3 Å². The number of carbonyl (C=O) groups is 1. The summed E-state index contributed by atoms with van der Waals surface area (Å²) >= 11 is 1.53. The highest BCUT2D eigenvalue weighted by Crippen LogP contribution is 2.31. The van der Waals surface area contributed by atoms with Crippen LogP contribution in [0.1, 0.15) is 27.2 Å². The second-order valence-corrected chi connectivity index (χ2v) is 8.07. The summed E-state index contributed by atoms with van der Waals surface area (Å²) < 4.78 is 12.5. The number of hydrogen-bond donors (Lipinski definition) is 1. The Kier molecular flexibility index (Phi) is 5.90. The Balaban J connectivity index is 1.47. The van der Waals surface area contributed by atoms with E-state index in [4.69, 9.17) is 9.47 Å². The molecular weight excluding hydrogens is 412 g/mol. The molecule has 1 N–H and O–H groups in total. The van der Waals surface area contributed by atoms with Crippen molar-refractivity contribution in [1.29, 1.82) is 0 Å². The molecule has 0 saturated heterocycles. The number of ether oxygens (including phenoxy) is 2. The number of nitrogens with one attached hydrogen (secondary N) is 1. The predicted molar refractivity (Wildman–Crippen MR) is 121 cm³/mol. The highest BCUT2D eigenvalue weighted by atomic mass is 32.1. The molecule has 0 atom stereocenters. The van der Waals surface area contributed by atoms with Crippen molar-refractivity contribution in [1.82, 2.24) is 19.9 Å². The molecule has 2 heterocycles. The van der Waals surface area contributed by atoms with Crippen LogP contribution in [0.25, 0.3) is 16.3 Å². The van der Waals surface area contributed by atoms with Gasteiger partial charge in [0.15, 0.2) is 17.3 Å². The molecule has 2 aromatic carbocycles. The molecule has 0 radical (unpaired) electrons. The van der Waals surface area contributed by atoms with Crippen molar-refractivity contribution in [2.24, 2.45) is 0 Å². The SMILES string of the molecule is COc1ccc(-c2nc3scc(CCNC(=O)c4ccc(C)c(C)c4)n3n2)cc1OC. The summed E-state index contributed by atoms with van der Waals surface area (Å²) in [6, 6.07) is 11.4. The number of fused-ring (bicyclic) bond motifs is 1. The molecule has 0 aliphatic carbocycles. The average molecular weight is 437 g/mol. The van der Waals surface area contributed by atoms with Crippen molar-refractivity contribution in [3.8, 4) is 22.9 Å². The molecule has 2 aromatic heterocycles. The van der Waals surface area contributed by atoms with Crippen molar-refractivity contribution >= 4 is 22.2 Å². The third kappa shape index (κ3) is 4.25. The zero-order valence-electron chi connectivity index (χ0n) is 17.9. The Morgan fingerprint density at radius 2 is 1.87 bits per heavy atom. The van der Waals surface area contributed by atoms with Gasteiger partial charge < -0.3 is 14.8 Å². The largest absolute Gasteiger partial charge is 0.493 e. The van der Waals surface area contributed by atoms with Gasteiger partial charge in [-0.05, 0) is 55.3 Å². The van der Waals surface area contributed by atoms with Crippen LogP contribution in [0, 0.1) is 13.8 Å². The summed E-state index contributed by atoms with van der Waals surface area (Å²) in [4.78, 5) is 17.9. The fourth-order valence-electron chi connectivity index (χ4n) is 3.28. The Labute approximate surface area is 184 Å². The molecule has 4 rings (SSSR count). The molecular formula is C23H24N4O3S. The molecule has 4 aromatic rings. The molecule has 7 nitrogen and oxygen atoms in total. The van der Waals surface area contributed by atoms with E-state index in [1.807, 2.05) is 60.1 Å². The number of rotatable bonds is 7. The van der Waals surface area contributed by atoms with Crippen LogP contribution in [0.3, 0.4) is 0 Å². The summed E-state index contributed by atoms with van der Waals surface area (Å²) in [6.07, 6.45) is 0.658. The maximum atomic E-state index is 12.4. The van der Waals surface area contributed by atoms with E-state index in [0.29, 0.717) is 35.9 Å². The van der Waals surface area contributed by atoms with Crippen molar-refractivity contribution in [3.05, 3.63) is 64.2 Å². The Morgan fingerprint density at radius 3 is 2.61 bits per heavy atom. The minimum absolute atomic E-state index is 0.0702. The normalized spacial score (nSPS) is 11.0. The summed E-state index contributed by atoms with van der Waals surface area (Å²) in [5.41, 5.74) is 4.81. The van der Waals surface area contributed by atoms with E-state index in [2.05, 4.69) is 15.4 Å². The number of benzene rings is 2. The molecule has 0 aliphatic rings. The third-order valence-electron chi connectivity index (χ3n) is 5.23. The number of amides is 1. The van der Waals surface area contributed by atoms with E-state index in [1.54, 1.807) is 14.2 Å². The predicted octanol–water partition coefficient (Wildman–Crippen LogP) is 4.06. The highest BCUT2D eigenvalue weighted by molar-refractivity contribution is 7.15. The maximum absolute atomic E-state index is 12.4. The molecule has 0 unspecified atom stereocenters. The first-order valence-corrected chi connectivity index (χ1v) is 10.8. The van der Waals surface area contributed by atoms with Gasteiger partial charge in [-0.15, -0.1) is 16.4 Å². The van der Waals surface area contributed by atoms with Crippen LogP contribution in [-0.2, 0) is 6.42 Å². The van der Waals surface area contributed by atoms with E-state index in [1.165, 1.54) is 16.9 Å². The van der Waals surface area contributed by atoms with Crippen LogP contribution in [0.5, 0.6) is 11.5 Å². The van der Waals surface area contributed by atoms with E-state index in [0.717, 1.165) is 21.8 Å². The number of carbonyl (C=O) groups excluding carboxylic acids is 1. The first-order chi connectivity index (χ1) is 15.0. The van der Waals surface area contributed by atoms with Gasteiger partial charge in [-0.25, -0.2) is 4.52 Å². The summed E-state index contributed by atoms with van der Waals surface area (Å²) in [7, 11) is 3.21. The Hall–Kier alpha value is -3.39. The summed E-state index contributed by atoms with van der Waals surface area (Å²) in [5, 5.41) is 9.67. The standard InChI is InChI=1S/C23H24N4O3S/c1-14-5-6-17(11-15(14)2)22(28)24-10-9-18-13-31-23-25-21(26-27(18)23)16-7-8-19(29-3)20(12-16)30-4/h5-8,11-13H,9-10H2,1-4H3,(H,24,28). The quantitative estimate of drug-likeness (QED) is 0.473. The van der Waals surface area contributed by atoms with E-state index >= 15 is 0 Å². The van der Waals surface area contributed by atoms with Crippen LogP contribution < -0.4 is 14.8 Å². The number of aromatic nitrogens is 3. The lowest BCUT2D eigenvalue weighted by Gasteiger charge is -2.08. The number of aryl methyl sites for hydroxylation is 2. The second kappa shape index (κ2) is 8.77. The molecule has 1 amide bonds. The average Bonchev–Trinajstić information content (AvgIpc) is 3.36. The van der Waals surface area contributed by atoms with E-state index < -0.39 is 0 Å². The van der Waals surface area contributed by atoms with Gasteiger partial charge in [0, 0.05) is 29.5 Å². The van der Waals surface area contributed by atoms with Gasteiger partial charge in [0.25, 0.3) is 5.91 Å². The zero-order valence-corrected chi connectivity index (χ0v) is 18.7. The van der Waals surface area contributed by atoms with Gasteiger partial charge in [0.2, 0.25) is 4.96 Å². The van der Waals surface area contributed by atoms with Gasteiger partial charge in [-0.1, -0.05) is 6.07 Å². The number of nitrogens with zero attached hydrogens (tertiary/aromatic N) is 3. The zero-order chi connectivity index (χ0) is 22.0. The lowest BCUT2D eigenvalue weighted by molar-refractivity contribution is 0.0954. The first kappa shape index (κ1) is 20.9. The first-order valence-electron chi connectivity index (χ1n) is 9.91. The van der Waals surface area contributed by atoms with Crippen LogP contribution in [-0.4, -0.2) is 41.3 Å². The van der Waals surface area contributed by atoms with Crippen molar-refractivity contribution in [3.63, 3.8) is 0 Å². The van der Waals surface area contributed by atoms with Crippen molar-refractivity contribution in [2.75, 3.05) is 20.8 Å². The monoisotopic (exact) mass is 436 g/mol. The minimum atomic E-state index is -0.0702. The molecule has 0 spiro atoms. The lowest BCUT2D eigenvalue weighted by atomic mass is 10.1. The number of hydrogen-bond acceptors (Lipinski definition) is 6. The van der Waals surface area contributed by atoms with Gasteiger partial charge in [0.05, 0.1) is 19.9 Å². The molecule has 0 fully saturated rings. The van der Waals surface area contributed by atoms with E-state index in [-0.39, 0.29) is 5.91 Å². The molecule has 0 aliphatic heterocycles. The fraction of sp³-hybridized carbons (Fsp3) is 0.261. The van der Waals surface area contributed by atoms with Crippen LogP contribution in [0.15, 0.2) is 41.8 Å². The van der Waals surface area contributed by atoms with Gasteiger partial charge >= 0.3 is 0 Å². The van der Waals surface area contributed by atoms with Gasteiger partial charge in [0.1, 0.15) is 0 Å². The Bertz CT molecular complexity index is 1250. The van der Waals surface area contributed by atoms with Crippen LogP contribution in [0.4, 0.5) is 0 Å². The number of methoxy groups -OCH3 is 2. The van der Waals surface area contributed by atoms with Crippen molar-refractivity contribution < 1.29 is 14.3 Å². The highest BCUT2D eigenvalue weighted by Gasteiger charge is 2.14. The van der Waals surface area contributed by atoms with Gasteiger partial charge in [-0.3, -0.25) is 4.79 Å². The third-order valence-corrected chi connectivity index (χ3v) is 6.09. The summed E-state index contributed by atoms with van der Waals surface area (Å²) in [6.45, 7) is 4.56. The minimum Gasteiger partial charge on any atom is -0.493 e. The molecule has 0 saturated carbocycles. The fourth-order valence-corrected chi connectivity index (χ4v) is 4.14. The lowest BCUT2D eigenvalue weighted by Crippen LogP contribution is -2.26. The van der Waals surface area contributed by atoms with Crippen LogP contribution >= 0.6 is 11.3 Å². The second-order valence-electron chi connectivity index (χ2n) is 7.23. The smallest absolute Gasteiger partial charge is 0.251 e. The van der Waals surface area contributed by atoms with E-state index in [9.17, 15) is 4.79 Å². The molecule has 0 bridgehead atoms. The maximum Gasteiger partial charge on any atom is 0.251 e. The summed E-state index contributed by atoms with van der Waals surface area (Å²) in [5.74, 6) is 1.84. The van der Waals surface area contributed by atoms with Crippen LogP contribution in [0.2, 0.25) is 0 Å².